The van der Waals surface area contributed by atoms with Crippen LogP contribution in [0.25, 0.3) is 11.1 Å². The summed E-state index contributed by atoms with van der Waals surface area (Å²) in [4.78, 5) is 23.6. The SMILES string of the molecule is COc1ccc(-c2cc(C(=O)O)ccc2Cl)cc1CNC(=O)c1ccc(C(F)(F)F)cc1F. The lowest BCUT2D eigenvalue weighted by molar-refractivity contribution is -0.137. The van der Waals surface area contributed by atoms with Gasteiger partial charge in [0.05, 0.1) is 23.8 Å². The molecule has 0 saturated carbocycles. The Balaban J connectivity index is 1.87. The second-order valence-corrected chi connectivity index (χ2v) is 7.31. The number of carboxylic acids is 1. The van der Waals surface area contributed by atoms with Crippen LogP contribution in [0.15, 0.2) is 54.6 Å². The van der Waals surface area contributed by atoms with E-state index in [1.807, 2.05) is 0 Å². The lowest BCUT2D eigenvalue weighted by Gasteiger charge is -2.14. The van der Waals surface area contributed by atoms with E-state index in [1.165, 1.54) is 25.3 Å². The van der Waals surface area contributed by atoms with Crippen LogP contribution >= 0.6 is 11.6 Å². The molecule has 3 rings (SSSR count). The number of carboxylic acid groups (broad SMARTS) is 1. The number of amides is 1. The summed E-state index contributed by atoms with van der Waals surface area (Å²) in [5.74, 6) is -2.98. The highest BCUT2D eigenvalue weighted by atomic mass is 35.5. The number of hydrogen-bond donors (Lipinski definition) is 2. The van der Waals surface area contributed by atoms with Crippen LogP contribution in [0, 0.1) is 5.82 Å². The third kappa shape index (κ3) is 5.43. The van der Waals surface area contributed by atoms with Crippen LogP contribution in [0.1, 0.15) is 31.8 Å². The zero-order valence-electron chi connectivity index (χ0n) is 17.0. The van der Waals surface area contributed by atoms with Crippen LogP contribution in [0.2, 0.25) is 5.02 Å². The third-order valence-corrected chi connectivity index (χ3v) is 5.11. The lowest BCUT2D eigenvalue weighted by Crippen LogP contribution is -2.24. The highest BCUT2D eigenvalue weighted by Gasteiger charge is 2.31. The van der Waals surface area contributed by atoms with Crippen molar-refractivity contribution >= 4 is 23.5 Å². The van der Waals surface area contributed by atoms with Crippen molar-refractivity contribution in [2.45, 2.75) is 12.7 Å². The zero-order chi connectivity index (χ0) is 24.3. The Kier molecular flexibility index (Phi) is 6.92. The van der Waals surface area contributed by atoms with Crippen molar-refractivity contribution in [3.8, 4) is 16.9 Å². The summed E-state index contributed by atoms with van der Waals surface area (Å²) in [6.45, 7) is -0.146. The Morgan fingerprint density at radius 2 is 1.79 bits per heavy atom. The summed E-state index contributed by atoms with van der Waals surface area (Å²) in [6.07, 6.45) is -4.73. The van der Waals surface area contributed by atoms with Crippen LogP contribution < -0.4 is 10.1 Å². The van der Waals surface area contributed by atoms with Gasteiger partial charge in [-0.1, -0.05) is 17.7 Å². The van der Waals surface area contributed by atoms with Gasteiger partial charge in [-0.05, 0) is 54.1 Å². The number of halogens is 5. The Bertz CT molecular complexity index is 1230. The minimum atomic E-state index is -4.73. The van der Waals surface area contributed by atoms with Crippen molar-refractivity contribution in [1.82, 2.24) is 5.32 Å². The summed E-state index contributed by atoms with van der Waals surface area (Å²) in [7, 11) is 1.40. The van der Waals surface area contributed by atoms with E-state index >= 15 is 0 Å². The minimum absolute atomic E-state index is 0.0258. The molecule has 0 spiro atoms. The quantitative estimate of drug-likeness (QED) is 0.436. The maximum atomic E-state index is 14.1. The molecule has 10 heteroatoms. The van der Waals surface area contributed by atoms with Gasteiger partial charge in [-0.15, -0.1) is 0 Å². The maximum absolute atomic E-state index is 14.1. The van der Waals surface area contributed by atoms with E-state index in [2.05, 4.69) is 5.32 Å². The average molecular weight is 482 g/mol. The van der Waals surface area contributed by atoms with Gasteiger partial charge >= 0.3 is 12.1 Å². The van der Waals surface area contributed by atoms with Crippen LogP contribution in [-0.4, -0.2) is 24.1 Å². The molecule has 0 aliphatic heterocycles. The molecule has 2 N–H and O–H groups in total. The molecule has 3 aromatic carbocycles. The fraction of sp³-hybridized carbons (Fsp3) is 0.130. The normalized spacial score (nSPS) is 11.2. The van der Waals surface area contributed by atoms with E-state index in [4.69, 9.17) is 16.3 Å². The van der Waals surface area contributed by atoms with E-state index in [-0.39, 0.29) is 18.2 Å². The molecule has 5 nitrogen and oxygen atoms in total. The van der Waals surface area contributed by atoms with Crippen LogP contribution in [0.5, 0.6) is 5.75 Å². The average Bonchev–Trinajstić information content (AvgIpc) is 2.76. The molecule has 0 unspecified atom stereocenters. The molecule has 0 aliphatic carbocycles. The molecule has 0 heterocycles. The van der Waals surface area contributed by atoms with Gasteiger partial charge in [-0.2, -0.15) is 13.2 Å². The lowest BCUT2D eigenvalue weighted by atomic mass is 10.00. The van der Waals surface area contributed by atoms with Crippen molar-refractivity contribution in [3.05, 3.63) is 87.7 Å². The molecule has 33 heavy (non-hydrogen) atoms. The highest BCUT2D eigenvalue weighted by molar-refractivity contribution is 6.33. The predicted molar refractivity (Wildman–Crippen MR) is 113 cm³/mol. The van der Waals surface area contributed by atoms with Gasteiger partial charge in [-0.25, -0.2) is 9.18 Å². The summed E-state index contributed by atoms with van der Waals surface area (Å²) in [5.41, 5.74) is -0.304. The van der Waals surface area contributed by atoms with Gasteiger partial charge in [0.2, 0.25) is 0 Å². The molecule has 3 aromatic rings. The molecule has 172 valence electrons. The standard InChI is InChI=1S/C23H16ClF4NO4/c1-33-20-7-3-12(17-9-13(22(31)32)2-6-18(17)24)8-14(20)11-29-21(30)16-5-4-15(10-19(16)25)23(26,27)28/h2-10H,11H2,1H3,(H,29,30)(H,31,32). The summed E-state index contributed by atoms with van der Waals surface area (Å²) < 4.78 is 57.5. The number of carbonyl (C=O) groups is 2. The third-order valence-electron chi connectivity index (χ3n) is 4.79. The van der Waals surface area contributed by atoms with Crippen molar-refractivity contribution in [2.24, 2.45) is 0 Å². The van der Waals surface area contributed by atoms with E-state index in [0.29, 0.717) is 33.5 Å². The van der Waals surface area contributed by atoms with Crippen LogP contribution in [0.3, 0.4) is 0 Å². The van der Waals surface area contributed by atoms with E-state index in [9.17, 15) is 32.3 Å². The molecule has 0 atom stereocenters. The molecule has 0 fully saturated rings. The van der Waals surface area contributed by atoms with Gasteiger partial charge in [0.1, 0.15) is 11.6 Å². The van der Waals surface area contributed by atoms with Crippen molar-refractivity contribution in [2.75, 3.05) is 7.11 Å². The number of alkyl halides is 3. The van der Waals surface area contributed by atoms with Gasteiger partial charge in [0.25, 0.3) is 5.91 Å². The minimum Gasteiger partial charge on any atom is -0.496 e. The molecule has 0 aliphatic rings. The Labute approximate surface area is 190 Å². The van der Waals surface area contributed by atoms with Crippen molar-refractivity contribution in [1.29, 1.82) is 0 Å². The summed E-state index contributed by atoms with van der Waals surface area (Å²) in [5, 5.41) is 12.0. The molecular formula is C23H16ClF4NO4. The molecule has 0 radical (unpaired) electrons. The largest absolute Gasteiger partial charge is 0.496 e. The predicted octanol–water partition coefficient (Wildman–Crippen LogP) is 5.80. The molecular weight excluding hydrogens is 466 g/mol. The van der Waals surface area contributed by atoms with E-state index in [0.717, 1.165) is 6.07 Å². The molecule has 1 amide bonds. The first-order valence-electron chi connectivity index (χ1n) is 9.36. The number of benzene rings is 3. The smallest absolute Gasteiger partial charge is 0.416 e. The fourth-order valence-corrected chi connectivity index (χ4v) is 3.34. The topological polar surface area (TPSA) is 75.6 Å². The van der Waals surface area contributed by atoms with Gasteiger partial charge in [0.15, 0.2) is 0 Å². The van der Waals surface area contributed by atoms with Gasteiger partial charge < -0.3 is 15.2 Å². The number of carbonyl (C=O) groups excluding carboxylic acids is 1. The van der Waals surface area contributed by atoms with E-state index < -0.39 is 35.0 Å². The number of nitrogens with one attached hydrogen (secondary N) is 1. The molecule has 0 aromatic heterocycles. The number of hydrogen-bond acceptors (Lipinski definition) is 3. The second-order valence-electron chi connectivity index (χ2n) is 6.90. The summed E-state index contributed by atoms with van der Waals surface area (Å²) in [6, 6.07) is 10.7. The Morgan fingerprint density at radius 3 is 2.39 bits per heavy atom. The monoisotopic (exact) mass is 481 g/mol. The number of rotatable bonds is 6. The first-order valence-corrected chi connectivity index (χ1v) is 9.74. The van der Waals surface area contributed by atoms with Gasteiger partial charge in [0, 0.05) is 22.7 Å². The van der Waals surface area contributed by atoms with E-state index in [1.54, 1.807) is 18.2 Å². The fourth-order valence-electron chi connectivity index (χ4n) is 3.11. The number of ether oxygens (including phenoxy) is 1. The first-order chi connectivity index (χ1) is 15.5. The van der Waals surface area contributed by atoms with Crippen molar-refractivity contribution in [3.63, 3.8) is 0 Å². The van der Waals surface area contributed by atoms with Crippen LogP contribution in [-0.2, 0) is 12.7 Å². The van der Waals surface area contributed by atoms with Gasteiger partial charge in [-0.3, -0.25) is 4.79 Å². The number of aromatic carboxylic acids is 1. The first kappa shape index (κ1) is 24.1. The maximum Gasteiger partial charge on any atom is 0.416 e. The highest BCUT2D eigenvalue weighted by Crippen LogP contribution is 2.33. The van der Waals surface area contributed by atoms with Crippen molar-refractivity contribution < 1.29 is 37.0 Å². The molecule has 0 bridgehead atoms. The van der Waals surface area contributed by atoms with Crippen LogP contribution in [0.4, 0.5) is 17.6 Å². The zero-order valence-corrected chi connectivity index (χ0v) is 17.7. The Hall–Kier alpha value is -3.59. The summed E-state index contributed by atoms with van der Waals surface area (Å²) >= 11 is 6.22. The second kappa shape index (κ2) is 9.50. The molecule has 0 saturated heterocycles. The number of methoxy groups -OCH3 is 1. The Morgan fingerprint density at radius 1 is 1.06 bits per heavy atom.